The minimum atomic E-state index is -0.344. The van der Waals surface area contributed by atoms with Crippen LogP contribution in [-0.4, -0.2) is 5.97 Å². The zero-order valence-corrected chi connectivity index (χ0v) is 7.62. The summed E-state index contributed by atoms with van der Waals surface area (Å²) in [6.45, 7) is 5.44. The third-order valence-corrected chi connectivity index (χ3v) is 1.56. The van der Waals surface area contributed by atoms with Gasteiger partial charge >= 0.3 is 5.97 Å². The van der Waals surface area contributed by atoms with Gasteiger partial charge in [0.1, 0.15) is 6.61 Å². The van der Waals surface area contributed by atoms with Crippen LogP contribution in [0.5, 0.6) is 0 Å². The van der Waals surface area contributed by atoms with Crippen LogP contribution in [0.4, 0.5) is 0 Å². The van der Waals surface area contributed by atoms with E-state index in [9.17, 15) is 4.79 Å². The average Bonchev–Trinajstić information content (AvgIpc) is 2.15. The molecule has 0 aliphatic heterocycles. The standard InChI is InChI=1S/C11H12O2/c1-9(2)11(12)13-8-10-6-4-3-5-7-10/h3-7H,1,8H2,2H3/i1+1,2+1. The SMILES string of the molecule is [13CH2]=C([13CH3])C(=O)OCc1ccccc1. The summed E-state index contributed by atoms with van der Waals surface area (Å²) in [5.41, 5.74) is 1.41. The van der Waals surface area contributed by atoms with Crippen LogP contribution in [-0.2, 0) is 16.1 Å². The summed E-state index contributed by atoms with van der Waals surface area (Å²) in [4.78, 5) is 11.0. The molecule has 0 aliphatic carbocycles. The average molecular weight is 178 g/mol. The molecule has 0 N–H and O–H groups in total. The third kappa shape index (κ3) is 3.11. The molecule has 1 aromatic rings. The van der Waals surface area contributed by atoms with Crippen LogP contribution < -0.4 is 0 Å². The van der Waals surface area contributed by atoms with Gasteiger partial charge in [0.25, 0.3) is 0 Å². The highest BCUT2D eigenvalue weighted by Gasteiger charge is 2.02. The quantitative estimate of drug-likeness (QED) is 0.403. The molecule has 1 rings (SSSR count). The number of esters is 1. The van der Waals surface area contributed by atoms with E-state index in [0.29, 0.717) is 12.2 Å². The fraction of sp³-hybridized carbons (Fsp3) is 0.182. The highest BCUT2D eigenvalue weighted by atomic mass is 16.5. The minimum absolute atomic E-state index is 0.312. The zero-order chi connectivity index (χ0) is 9.68. The molecule has 0 saturated heterocycles. The summed E-state index contributed by atoms with van der Waals surface area (Å²) in [5, 5.41) is 0. The molecule has 0 heterocycles. The Kier molecular flexibility index (Phi) is 3.26. The van der Waals surface area contributed by atoms with Crippen molar-refractivity contribution in [1.29, 1.82) is 0 Å². The first-order valence-electron chi connectivity index (χ1n) is 4.06. The van der Waals surface area contributed by atoms with Crippen molar-refractivity contribution in [2.24, 2.45) is 0 Å². The Bertz CT molecular complexity index is 301. The number of hydrogen-bond acceptors (Lipinski definition) is 2. The maximum absolute atomic E-state index is 11.0. The normalized spacial score (nSPS) is 9.31. The van der Waals surface area contributed by atoms with E-state index in [4.69, 9.17) is 4.74 Å². The summed E-state index contributed by atoms with van der Waals surface area (Å²) < 4.78 is 4.95. The molecule has 0 radical (unpaired) electrons. The van der Waals surface area contributed by atoms with Crippen molar-refractivity contribution in [3.63, 3.8) is 0 Å². The van der Waals surface area contributed by atoms with Crippen LogP contribution in [0.25, 0.3) is 0 Å². The molecule has 0 saturated carbocycles. The Morgan fingerprint density at radius 3 is 2.54 bits per heavy atom. The van der Waals surface area contributed by atoms with Crippen LogP contribution in [0.3, 0.4) is 0 Å². The third-order valence-electron chi connectivity index (χ3n) is 1.56. The minimum Gasteiger partial charge on any atom is -0.457 e. The molecule has 0 bridgehead atoms. The Morgan fingerprint density at radius 2 is 2.00 bits per heavy atom. The van der Waals surface area contributed by atoms with E-state index in [-0.39, 0.29) is 5.97 Å². The number of rotatable bonds is 3. The van der Waals surface area contributed by atoms with Crippen LogP contribution in [0.2, 0.25) is 0 Å². The lowest BCUT2D eigenvalue weighted by Crippen LogP contribution is -2.04. The van der Waals surface area contributed by atoms with Crippen LogP contribution >= 0.6 is 0 Å². The Labute approximate surface area is 77.8 Å². The molecule has 1 aromatic carbocycles. The Morgan fingerprint density at radius 1 is 1.38 bits per heavy atom. The number of benzene rings is 1. The maximum atomic E-state index is 11.0. The van der Waals surface area contributed by atoms with Gasteiger partial charge in [0, 0.05) is 5.57 Å². The van der Waals surface area contributed by atoms with Crippen LogP contribution in [0.1, 0.15) is 12.5 Å². The molecule has 68 valence electrons. The smallest absolute Gasteiger partial charge is 0.333 e. The van der Waals surface area contributed by atoms with E-state index in [1.54, 1.807) is 6.92 Å². The van der Waals surface area contributed by atoms with Gasteiger partial charge in [0.05, 0.1) is 0 Å². The van der Waals surface area contributed by atoms with Gasteiger partial charge in [0.15, 0.2) is 0 Å². The first-order valence-corrected chi connectivity index (χ1v) is 4.06. The van der Waals surface area contributed by atoms with Crippen molar-refractivity contribution < 1.29 is 9.53 Å². The molecule has 0 atom stereocenters. The molecule has 2 heteroatoms. The maximum Gasteiger partial charge on any atom is 0.333 e. The van der Waals surface area contributed by atoms with Gasteiger partial charge in [-0.2, -0.15) is 0 Å². The fourth-order valence-corrected chi connectivity index (χ4v) is 0.846. The highest BCUT2D eigenvalue weighted by Crippen LogP contribution is 2.02. The lowest BCUT2D eigenvalue weighted by atomic mass is 10.2. The van der Waals surface area contributed by atoms with Crippen molar-refractivity contribution in [1.82, 2.24) is 0 Å². The van der Waals surface area contributed by atoms with Gasteiger partial charge in [-0.25, -0.2) is 4.79 Å². The lowest BCUT2D eigenvalue weighted by Gasteiger charge is -2.03. The molecule has 13 heavy (non-hydrogen) atoms. The number of carbonyl (C=O) groups excluding carboxylic acids is 1. The van der Waals surface area contributed by atoms with Crippen molar-refractivity contribution in [3.05, 3.63) is 48.0 Å². The predicted octanol–water partition coefficient (Wildman–Crippen LogP) is 2.31. The fourth-order valence-electron chi connectivity index (χ4n) is 0.846. The second-order valence-corrected chi connectivity index (χ2v) is 2.84. The summed E-state index contributed by atoms with van der Waals surface area (Å²) in [6.07, 6.45) is 0. The summed E-state index contributed by atoms with van der Waals surface area (Å²) in [7, 11) is 0. The molecule has 2 nitrogen and oxygen atoms in total. The summed E-state index contributed by atoms with van der Waals surface area (Å²) in [5.74, 6) is -0.344. The van der Waals surface area contributed by atoms with E-state index >= 15 is 0 Å². The molecular formula is C11H12O2. The number of carbonyl (C=O) groups is 1. The second kappa shape index (κ2) is 4.45. The highest BCUT2D eigenvalue weighted by molar-refractivity contribution is 5.86. The molecule has 0 unspecified atom stereocenters. The monoisotopic (exact) mass is 178 g/mol. The predicted molar refractivity (Wildman–Crippen MR) is 51.1 cm³/mol. The molecule has 0 aromatic heterocycles. The summed E-state index contributed by atoms with van der Waals surface area (Å²) in [6, 6.07) is 9.55. The summed E-state index contributed by atoms with van der Waals surface area (Å²) >= 11 is 0. The largest absolute Gasteiger partial charge is 0.457 e. The van der Waals surface area contributed by atoms with E-state index in [2.05, 4.69) is 6.58 Å². The molecule has 0 amide bonds. The molecule has 0 fully saturated rings. The van der Waals surface area contributed by atoms with Gasteiger partial charge in [-0.1, -0.05) is 36.9 Å². The van der Waals surface area contributed by atoms with Gasteiger partial charge in [-0.05, 0) is 12.5 Å². The van der Waals surface area contributed by atoms with E-state index in [0.717, 1.165) is 5.56 Å². The molecular weight excluding hydrogens is 166 g/mol. The first-order chi connectivity index (χ1) is 6.20. The van der Waals surface area contributed by atoms with Gasteiger partial charge in [0.2, 0.25) is 0 Å². The van der Waals surface area contributed by atoms with Gasteiger partial charge in [-0.3, -0.25) is 0 Å². The van der Waals surface area contributed by atoms with Crippen molar-refractivity contribution in [2.45, 2.75) is 13.5 Å². The van der Waals surface area contributed by atoms with Crippen LogP contribution in [0.15, 0.2) is 42.5 Å². The molecule has 0 aliphatic rings. The Hall–Kier alpha value is -1.57. The van der Waals surface area contributed by atoms with E-state index < -0.39 is 0 Å². The van der Waals surface area contributed by atoms with E-state index in [1.807, 2.05) is 30.3 Å². The van der Waals surface area contributed by atoms with Crippen molar-refractivity contribution in [3.8, 4) is 0 Å². The first kappa shape index (κ1) is 9.52. The van der Waals surface area contributed by atoms with Gasteiger partial charge < -0.3 is 4.74 Å². The van der Waals surface area contributed by atoms with E-state index in [1.165, 1.54) is 0 Å². The number of hydrogen-bond donors (Lipinski definition) is 0. The van der Waals surface area contributed by atoms with Crippen molar-refractivity contribution in [2.75, 3.05) is 0 Å². The molecule has 0 spiro atoms. The zero-order valence-electron chi connectivity index (χ0n) is 7.62. The van der Waals surface area contributed by atoms with Crippen molar-refractivity contribution >= 4 is 5.97 Å². The van der Waals surface area contributed by atoms with Gasteiger partial charge in [-0.15, -0.1) is 0 Å². The van der Waals surface area contributed by atoms with Crippen LogP contribution in [0, 0.1) is 0 Å². The second-order valence-electron chi connectivity index (χ2n) is 2.84. The topological polar surface area (TPSA) is 26.3 Å². The number of ether oxygens (including phenoxy) is 1. The Balaban J connectivity index is 2.44. The lowest BCUT2D eigenvalue weighted by molar-refractivity contribution is -0.140.